The number of ether oxygens (including phenoxy) is 1. The van der Waals surface area contributed by atoms with Gasteiger partial charge in [0.25, 0.3) is 5.91 Å². The van der Waals surface area contributed by atoms with Crippen LogP contribution in [0.1, 0.15) is 13.8 Å². The van der Waals surface area contributed by atoms with Gasteiger partial charge in [0.15, 0.2) is 0 Å². The van der Waals surface area contributed by atoms with E-state index in [9.17, 15) is 4.79 Å². The van der Waals surface area contributed by atoms with Crippen molar-refractivity contribution in [2.45, 2.75) is 19.9 Å². The molecule has 0 aromatic rings. The van der Waals surface area contributed by atoms with Crippen LogP contribution in [-0.4, -0.2) is 61.6 Å². The summed E-state index contributed by atoms with van der Waals surface area (Å²) in [6.07, 6.45) is 0. The number of carbonyl (C=O) groups is 1. The lowest BCUT2D eigenvalue weighted by atomic mass is 10.2. The van der Waals surface area contributed by atoms with E-state index in [1.54, 1.807) is 7.11 Å². The fourth-order valence-corrected chi connectivity index (χ4v) is 1.90. The molecule has 0 atom stereocenters. The van der Waals surface area contributed by atoms with Gasteiger partial charge in [-0.2, -0.15) is 0 Å². The predicted octanol–water partition coefficient (Wildman–Crippen LogP) is 0.742. The van der Waals surface area contributed by atoms with Crippen molar-refractivity contribution >= 4 is 5.91 Å². The predicted molar refractivity (Wildman–Crippen MR) is 64.3 cm³/mol. The van der Waals surface area contributed by atoms with Gasteiger partial charge in [0, 0.05) is 44.9 Å². The highest BCUT2D eigenvalue weighted by Gasteiger charge is 2.23. The number of hydrogen-bond donors (Lipinski definition) is 0. The second-order valence-corrected chi connectivity index (χ2v) is 4.46. The van der Waals surface area contributed by atoms with Gasteiger partial charge in [-0.1, -0.05) is 6.58 Å². The van der Waals surface area contributed by atoms with Gasteiger partial charge in [-0.05, 0) is 13.8 Å². The molecule has 0 aromatic carbocycles. The summed E-state index contributed by atoms with van der Waals surface area (Å²) in [7, 11) is 1.58. The number of rotatable bonds is 4. The zero-order valence-electron chi connectivity index (χ0n) is 10.5. The average molecular weight is 226 g/mol. The first-order valence-electron chi connectivity index (χ1n) is 5.76. The first-order valence-corrected chi connectivity index (χ1v) is 5.76. The molecule has 1 saturated heterocycles. The minimum Gasteiger partial charge on any atom is -0.380 e. The van der Waals surface area contributed by atoms with Crippen LogP contribution < -0.4 is 0 Å². The molecule has 1 heterocycles. The standard InChI is InChI=1S/C12H22N2O2/c1-10(2)13-5-7-14(8-6-13)12(15)11(3)9-16-4/h10H,3,5-9H2,1-2,4H3. The van der Waals surface area contributed by atoms with Crippen molar-refractivity contribution in [2.24, 2.45) is 0 Å². The molecule has 0 bridgehead atoms. The van der Waals surface area contributed by atoms with Crippen molar-refractivity contribution in [3.8, 4) is 0 Å². The Kier molecular flexibility index (Phi) is 4.96. The first-order chi connectivity index (χ1) is 7.56. The second-order valence-electron chi connectivity index (χ2n) is 4.46. The number of hydrogen-bond acceptors (Lipinski definition) is 3. The summed E-state index contributed by atoms with van der Waals surface area (Å²) >= 11 is 0. The Bertz CT molecular complexity index is 256. The zero-order chi connectivity index (χ0) is 12.1. The third-order valence-corrected chi connectivity index (χ3v) is 2.95. The molecule has 1 amide bonds. The number of nitrogens with zero attached hydrogens (tertiary/aromatic N) is 2. The Labute approximate surface area is 97.9 Å². The summed E-state index contributed by atoms with van der Waals surface area (Å²) in [6.45, 7) is 11.9. The van der Waals surface area contributed by atoms with Crippen molar-refractivity contribution in [1.29, 1.82) is 0 Å². The monoisotopic (exact) mass is 226 g/mol. The van der Waals surface area contributed by atoms with E-state index in [1.807, 2.05) is 4.90 Å². The van der Waals surface area contributed by atoms with E-state index in [0.29, 0.717) is 18.2 Å². The van der Waals surface area contributed by atoms with Gasteiger partial charge in [0.05, 0.1) is 6.61 Å². The summed E-state index contributed by atoms with van der Waals surface area (Å²) < 4.78 is 4.92. The number of amides is 1. The van der Waals surface area contributed by atoms with E-state index in [2.05, 4.69) is 25.3 Å². The molecule has 0 aromatic heterocycles. The SMILES string of the molecule is C=C(COC)C(=O)N1CCN(C(C)C)CC1. The number of methoxy groups -OCH3 is 1. The third-order valence-electron chi connectivity index (χ3n) is 2.95. The molecule has 0 radical (unpaired) electrons. The molecular formula is C12H22N2O2. The molecule has 16 heavy (non-hydrogen) atoms. The highest BCUT2D eigenvalue weighted by molar-refractivity contribution is 5.93. The maximum atomic E-state index is 11.9. The van der Waals surface area contributed by atoms with E-state index >= 15 is 0 Å². The Morgan fingerprint density at radius 3 is 2.31 bits per heavy atom. The van der Waals surface area contributed by atoms with Crippen molar-refractivity contribution < 1.29 is 9.53 Å². The Morgan fingerprint density at radius 1 is 1.31 bits per heavy atom. The van der Waals surface area contributed by atoms with E-state index in [-0.39, 0.29) is 5.91 Å². The molecule has 0 N–H and O–H groups in total. The topological polar surface area (TPSA) is 32.8 Å². The molecular weight excluding hydrogens is 204 g/mol. The highest BCUT2D eigenvalue weighted by Crippen LogP contribution is 2.08. The minimum absolute atomic E-state index is 0.0326. The van der Waals surface area contributed by atoms with Crippen LogP contribution in [0.3, 0.4) is 0 Å². The fourth-order valence-electron chi connectivity index (χ4n) is 1.90. The molecule has 1 aliphatic heterocycles. The van der Waals surface area contributed by atoms with Gasteiger partial charge in [0.2, 0.25) is 0 Å². The minimum atomic E-state index is 0.0326. The van der Waals surface area contributed by atoms with Crippen LogP contribution >= 0.6 is 0 Å². The zero-order valence-corrected chi connectivity index (χ0v) is 10.5. The van der Waals surface area contributed by atoms with Gasteiger partial charge < -0.3 is 9.64 Å². The quantitative estimate of drug-likeness (QED) is 0.663. The normalized spacial score (nSPS) is 17.9. The van der Waals surface area contributed by atoms with Crippen LogP contribution in [0.25, 0.3) is 0 Å². The fraction of sp³-hybridized carbons (Fsp3) is 0.750. The van der Waals surface area contributed by atoms with Gasteiger partial charge >= 0.3 is 0 Å². The van der Waals surface area contributed by atoms with E-state index in [4.69, 9.17) is 4.74 Å². The Balaban J connectivity index is 2.41. The lowest BCUT2D eigenvalue weighted by Gasteiger charge is -2.37. The maximum absolute atomic E-state index is 11.9. The average Bonchev–Trinajstić information content (AvgIpc) is 2.28. The summed E-state index contributed by atoms with van der Waals surface area (Å²) in [6, 6.07) is 0.555. The van der Waals surface area contributed by atoms with Gasteiger partial charge in [0.1, 0.15) is 0 Å². The molecule has 4 heteroatoms. The van der Waals surface area contributed by atoms with Crippen molar-refractivity contribution in [3.05, 3.63) is 12.2 Å². The number of piperazine rings is 1. The summed E-state index contributed by atoms with van der Waals surface area (Å²) in [5, 5.41) is 0. The van der Waals surface area contributed by atoms with Gasteiger partial charge in [-0.15, -0.1) is 0 Å². The summed E-state index contributed by atoms with van der Waals surface area (Å²) in [4.78, 5) is 16.1. The molecule has 1 aliphatic rings. The van der Waals surface area contributed by atoms with Crippen LogP contribution in [0.4, 0.5) is 0 Å². The van der Waals surface area contributed by atoms with Crippen LogP contribution in [-0.2, 0) is 9.53 Å². The number of carbonyl (C=O) groups excluding carboxylic acids is 1. The largest absolute Gasteiger partial charge is 0.380 e. The van der Waals surface area contributed by atoms with Crippen LogP contribution in [0.5, 0.6) is 0 Å². The molecule has 0 spiro atoms. The van der Waals surface area contributed by atoms with Crippen molar-refractivity contribution in [3.63, 3.8) is 0 Å². The molecule has 92 valence electrons. The van der Waals surface area contributed by atoms with Crippen LogP contribution in [0.15, 0.2) is 12.2 Å². The van der Waals surface area contributed by atoms with Crippen molar-refractivity contribution in [2.75, 3.05) is 39.9 Å². The molecule has 0 aliphatic carbocycles. The Morgan fingerprint density at radius 2 is 1.88 bits per heavy atom. The lowest BCUT2D eigenvalue weighted by molar-refractivity contribution is -0.129. The Hall–Kier alpha value is -0.870. The second kappa shape index (κ2) is 6.01. The summed E-state index contributed by atoms with van der Waals surface area (Å²) in [5.41, 5.74) is 0.542. The van der Waals surface area contributed by atoms with Crippen LogP contribution in [0, 0.1) is 0 Å². The van der Waals surface area contributed by atoms with E-state index < -0.39 is 0 Å². The summed E-state index contributed by atoms with van der Waals surface area (Å²) in [5.74, 6) is 0.0326. The highest BCUT2D eigenvalue weighted by atomic mass is 16.5. The molecule has 0 unspecified atom stereocenters. The van der Waals surface area contributed by atoms with Crippen molar-refractivity contribution in [1.82, 2.24) is 9.80 Å². The molecule has 1 rings (SSSR count). The molecule has 4 nitrogen and oxygen atoms in total. The third kappa shape index (κ3) is 3.32. The smallest absolute Gasteiger partial charge is 0.251 e. The first kappa shape index (κ1) is 13.2. The van der Waals surface area contributed by atoms with Gasteiger partial charge in [-0.25, -0.2) is 0 Å². The lowest BCUT2D eigenvalue weighted by Crippen LogP contribution is -2.51. The van der Waals surface area contributed by atoms with E-state index in [0.717, 1.165) is 26.2 Å². The van der Waals surface area contributed by atoms with Gasteiger partial charge in [-0.3, -0.25) is 9.69 Å². The maximum Gasteiger partial charge on any atom is 0.251 e. The van der Waals surface area contributed by atoms with Crippen LogP contribution in [0.2, 0.25) is 0 Å². The van der Waals surface area contributed by atoms with E-state index in [1.165, 1.54) is 0 Å². The molecule has 0 saturated carbocycles. The molecule has 1 fully saturated rings.